The van der Waals surface area contributed by atoms with E-state index in [-0.39, 0.29) is 0 Å². The zero-order valence-electron chi connectivity index (χ0n) is 11.7. The van der Waals surface area contributed by atoms with Crippen molar-refractivity contribution in [1.29, 1.82) is 5.26 Å². The smallest absolute Gasteiger partial charge is 0.144 e. The van der Waals surface area contributed by atoms with Crippen LogP contribution in [0.5, 0.6) is 0 Å². The van der Waals surface area contributed by atoms with Crippen LogP contribution in [0.3, 0.4) is 0 Å². The van der Waals surface area contributed by atoms with Crippen LogP contribution in [0.25, 0.3) is 0 Å². The van der Waals surface area contributed by atoms with Crippen molar-refractivity contribution in [3.05, 3.63) is 29.6 Å². The van der Waals surface area contributed by atoms with Crippen LogP contribution < -0.4 is 5.32 Å². The number of hydrogen-bond donors (Lipinski definition) is 1. The third-order valence-electron chi connectivity index (χ3n) is 4.22. The fourth-order valence-electron chi connectivity index (χ4n) is 2.93. The van der Waals surface area contributed by atoms with Crippen molar-refractivity contribution in [3.63, 3.8) is 0 Å². The Morgan fingerprint density at radius 2 is 2.11 bits per heavy atom. The molecule has 1 fully saturated rings. The van der Waals surface area contributed by atoms with Gasteiger partial charge in [-0.3, -0.25) is 0 Å². The molecular weight excluding hydrogens is 234 g/mol. The van der Waals surface area contributed by atoms with E-state index >= 15 is 0 Å². The quantitative estimate of drug-likeness (QED) is 0.841. The molecule has 0 aromatic carbocycles. The summed E-state index contributed by atoms with van der Waals surface area (Å²) in [6.45, 7) is 3.02. The first-order chi connectivity index (χ1) is 9.31. The van der Waals surface area contributed by atoms with Crippen molar-refractivity contribution < 1.29 is 0 Å². The summed E-state index contributed by atoms with van der Waals surface area (Å²) >= 11 is 0. The van der Waals surface area contributed by atoms with E-state index in [0.717, 1.165) is 18.0 Å². The largest absolute Gasteiger partial charge is 0.310 e. The van der Waals surface area contributed by atoms with Gasteiger partial charge in [0.15, 0.2) is 0 Å². The van der Waals surface area contributed by atoms with Gasteiger partial charge < -0.3 is 5.32 Å². The molecule has 3 heteroatoms. The second kappa shape index (κ2) is 7.25. The van der Waals surface area contributed by atoms with Crippen LogP contribution in [0.15, 0.2) is 18.3 Å². The van der Waals surface area contributed by atoms with E-state index in [1.807, 2.05) is 12.1 Å². The number of nitriles is 1. The zero-order chi connectivity index (χ0) is 13.5. The molecule has 1 aromatic heterocycles. The van der Waals surface area contributed by atoms with E-state index in [4.69, 9.17) is 5.26 Å². The van der Waals surface area contributed by atoms with Gasteiger partial charge in [0.1, 0.15) is 11.8 Å². The Labute approximate surface area is 116 Å². The first-order valence-electron chi connectivity index (χ1n) is 7.38. The molecule has 19 heavy (non-hydrogen) atoms. The van der Waals surface area contributed by atoms with Crippen molar-refractivity contribution in [1.82, 2.24) is 10.3 Å². The molecule has 1 atom stereocenters. The Morgan fingerprint density at radius 1 is 1.37 bits per heavy atom. The van der Waals surface area contributed by atoms with Gasteiger partial charge in [-0.05, 0) is 31.7 Å². The summed E-state index contributed by atoms with van der Waals surface area (Å²) in [6.07, 6.45) is 9.88. The van der Waals surface area contributed by atoms with Crippen molar-refractivity contribution in [2.45, 2.75) is 58.0 Å². The summed E-state index contributed by atoms with van der Waals surface area (Å²) < 4.78 is 0. The minimum atomic E-state index is 0.518. The molecule has 102 valence electrons. The summed E-state index contributed by atoms with van der Waals surface area (Å²) in [5.74, 6) is 0.782. The number of nitrogens with zero attached hydrogens (tertiary/aromatic N) is 2. The number of pyridine rings is 1. The molecule has 0 aliphatic heterocycles. The maximum Gasteiger partial charge on any atom is 0.144 e. The summed E-state index contributed by atoms with van der Waals surface area (Å²) in [5, 5.41) is 12.6. The van der Waals surface area contributed by atoms with Crippen molar-refractivity contribution in [3.8, 4) is 6.07 Å². The van der Waals surface area contributed by atoms with Crippen LogP contribution in [0.2, 0.25) is 0 Å². The monoisotopic (exact) mass is 257 g/mol. The Balaban J connectivity index is 1.89. The predicted octanol–water partition coefficient (Wildman–Crippen LogP) is 3.40. The highest BCUT2D eigenvalue weighted by molar-refractivity contribution is 5.30. The van der Waals surface area contributed by atoms with Gasteiger partial charge in [-0.1, -0.05) is 31.7 Å². The van der Waals surface area contributed by atoms with E-state index in [2.05, 4.69) is 23.3 Å². The molecule has 0 radical (unpaired) electrons. The lowest BCUT2D eigenvalue weighted by molar-refractivity contribution is 0.336. The van der Waals surface area contributed by atoms with Gasteiger partial charge in [0.25, 0.3) is 0 Å². The first kappa shape index (κ1) is 14.0. The Kier molecular flexibility index (Phi) is 5.35. The third kappa shape index (κ3) is 4.04. The Hall–Kier alpha value is -1.40. The van der Waals surface area contributed by atoms with Crippen molar-refractivity contribution >= 4 is 0 Å². The van der Waals surface area contributed by atoms with Gasteiger partial charge in [0, 0.05) is 24.3 Å². The minimum Gasteiger partial charge on any atom is -0.310 e. The van der Waals surface area contributed by atoms with Crippen LogP contribution in [0.4, 0.5) is 0 Å². The van der Waals surface area contributed by atoms with E-state index in [9.17, 15) is 0 Å². The summed E-state index contributed by atoms with van der Waals surface area (Å²) in [4.78, 5) is 4.10. The lowest BCUT2D eigenvalue weighted by Crippen LogP contribution is -2.33. The highest BCUT2D eigenvalue weighted by Gasteiger charge is 2.18. The summed E-state index contributed by atoms with van der Waals surface area (Å²) in [5.41, 5.74) is 1.55. The first-order valence-corrected chi connectivity index (χ1v) is 7.38. The molecule has 0 unspecified atom stereocenters. The standard InChI is InChI=1S/C16H23N3/c1-13(14-7-4-2-3-5-8-14)19-12-15-9-6-10-18-16(15)11-17/h6,9-10,13-14,19H,2-5,7-8,12H2,1H3/t13-/m0/s1. The minimum absolute atomic E-state index is 0.518. The Morgan fingerprint density at radius 3 is 2.79 bits per heavy atom. The van der Waals surface area contributed by atoms with E-state index in [1.54, 1.807) is 6.20 Å². The fourth-order valence-corrected chi connectivity index (χ4v) is 2.93. The number of nitrogens with one attached hydrogen (secondary N) is 1. The molecule has 1 heterocycles. The van der Waals surface area contributed by atoms with Crippen molar-refractivity contribution in [2.24, 2.45) is 5.92 Å². The second-order valence-corrected chi connectivity index (χ2v) is 5.54. The van der Waals surface area contributed by atoms with E-state index in [1.165, 1.54) is 38.5 Å². The van der Waals surface area contributed by atoms with E-state index in [0.29, 0.717) is 11.7 Å². The topological polar surface area (TPSA) is 48.7 Å². The third-order valence-corrected chi connectivity index (χ3v) is 4.22. The second-order valence-electron chi connectivity index (χ2n) is 5.54. The molecule has 2 rings (SSSR count). The average molecular weight is 257 g/mol. The zero-order valence-corrected chi connectivity index (χ0v) is 11.7. The molecule has 1 saturated carbocycles. The number of aromatic nitrogens is 1. The molecule has 1 aliphatic carbocycles. The maximum atomic E-state index is 9.03. The maximum absolute atomic E-state index is 9.03. The molecule has 0 bridgehead atoms. The van der Waals surface area contributed by atoms with Crippen LogP contribution in [0, 0.1) is 17.2 Å². The van der Waals surface area contributed by atoms with Crippen LogP contribution in [0.1, 0.15) is 56.7 Å². The summed E-state index contributed by atoms with van der Waals surface area (Å²) in [7, 11) is 0. The van der Waals surface area contributed by atoms with Gasteiger partial charge in [-0.15, -0.1) is 0 Å². The lowest BCUT2D eigenvalue weighted by atomic mass is 9.93. The van der Waals surface area contributed by atoms with Gasteiger partial charge in [0.2, 0.25) is 0 Å². The predicted molar refractivity (Wildman–Crippen MR) is 76.4 cm³/mol. The van der Waals surface area contributed by atoms with Gasteiger partial charge in [-0.2, -0.15) is 5.26 Å². The van der Waals surface area contributed by atoms with Crippen molar-refractivity contribution in [2.75, 3.05) is 0 Å². The molecule has 1 aromatic rings. The van der Waals surface area contributed by atoms with Crippen LogP contribution in [-0.2, 0) is 6.54 Å². The normalized spacial score (nSPS) is 18.5. The van der Waals surface area contributed by atoms with Gasteiger partial charge in [0.05, 0.1) is 0 Å². The highest BCUT2D eigenvalue weighted by atomic mass is 14.9. The highest BCUT2D eigenvalue weighted by Crippen LogP contribution is 2.25. The number of hydrogen-bond acceptors (Lipinski definition) is 3. The lowest BCUT2D eigenvalue weighted by Gasteiger charge is -2.23. The summed E-state index contributed by atoms with van der Waals surface area (Å²) in [6, 6.07) is 6.56. The molecule has 1 aliphatic rings. The molecule has 0 amide bonds. The molecule has 3 nitrogen and oxygen atoms in total. The van der Waals surface area contributed by atoms with E-state index < -0.39 is 0 Å². The SMILES string of the molecule is C[C@H](NCc1cccnc1C#N)C1CCCCCC1. The molecule has 0 saturated heterocycles. The fraction of sp³-hybridized carbons (Fsp3) is 0.625. The molecule has 0 spiro atoms. The Bertz CT molecular complexity index is 428. The molecule has 1 N–H and O–H groups in total. The average Bonchev–Trinajstić information content (AvgIpc) is 2.74. The van der Waals surface area contributed by atoms with Crippen LogP contribution >= 0.6 is 0 Å². The van der Waals surface area contributed by atoms with Crippen LogP contribution in [-0.4, -0.2) is 11.0 Å². The molecular formula is C16H23N3. The van der Waals surface area contributed by atoms with Gasteiger partial charge in [-0.25, -0.2) is 4.98 Å². The van der Waals surface area contributed by atoms with Gasteiger partial charge >= 0.3 is 0 Å². The number of rotatable bonds is 4.